The number of rotatable bonds is 1. The molecule has 2 rings (SSSR count). The maximum absolute atomic E-state index is 2.29. The fraction of sp³-hybridized carbons (Fsp3) is 0.333. The van der Waals surface area contributed by atoms with Crippen LogP contribution in [0.4, 0.5) is 0 Å². The molecule has 1 heteroatoms. The molecule has 0 fully saturated rings. The first-order chi connectivity index (χ1) is 6.22. The van der Waals surface area contributed by atoms with Crippen molar-refractivity contribution < 1.29 is 0 Å². The highest BCUT2D eigenvalue weighted by Gasteiger charge is 2.02. The molecular weight excluding hydrogens is 158 g/mol. The molecule has 0 aliphatic rings. The van der Waals surface area contributed by atoms with E-state index >= 15 is 0 Å². The Hall–Kier alpha value is -1.24. The molecule has 0 amide bonds. The normalized spacial score (nSPS) is 11.0. The van der Waals surface area contributed by atoms with Crippen molar-refractivity contribution in [3.8, 4) is 0 Å². The smallest absolute Gasteiger partial charge is 0.0485 e. The topological polar surface area (TPSA) is 4.93 Å². The van der Waals surface area contributed by atoms with Crippen molar-refractivity contribution >= 4 is 10.9 Å². The van der Waals surface area contributed by atoms with Gasteiger partial charge in [-0.15, -0.1) is 0 Å². The fourth-order valence-corrected chi connectivity index (χ4v) is 1.93. The molecule has 0 bridgehead atoms. The van der Waals surface area contributed by atoms with Gasteiger partial charge < -0.3 is 4.57 Å². The Morgan fingerprint density at radius 1 is 1.23 bits per heavy atom. The number of hydrogen-bond acceptors (Lipinski definition) is 0. The van der Waals surface area contributed by atoms with Gasteiger partial charge in [-0.2, -0.15) is 0 Å². The van der Waals surface area contributed by atoms with Crippen molar-refractivity contribution in [1.82, 2.24) is 4.57 Å². The van der Waals surface area contributed by atoms with Crippen molar-refractivity contribution in [2.75, 3.05) is 0 Å². The first-order valence-electron chi connectivity index (χ1n) is 4.78. The van der Waals surface area contributed by atoms with E-state index in [-0.39, 0.29) is 0 Å². The van der Waals surface area contributed by atoms with Gasteiger partial charge in [0.05, 0.1) is 0 Å². The highest BCUT2D eigenvalue weighted by Crippen LogP contribution is 2.21. The molecule has 68 valence electrons. The molecule has 1 nitrogen and oxygen atoms in total. The number of nitrogens with zero attached hydrogens (tertiary/aromatic N) is 1. The quantitative estimate of drug-likeness (QED) is 0.623. The van der Waals surface area contributed by atoms with Gasteiger partial charge in [-0.25, -0.2) is 0 Å². The zero-order chi connectivity index (χ0) is 9.42. The van der Waals surface area contributed by atoms with E-state index in [4.69, 9.17) is 0 Å². The average Bonchev–Trinajstić information content (AvgIpc) is 2.47. The third-order valence-corrected chi connectivity index (χ3v) is 2.58. The lowest BCUT2D eigenvalue weighted by Gasteiger charge is -2.03. The zero-order valence-corrected chi connectivity index (χ0v) is 8.46. The van der Waals surface area contributed by atoms with Crippen molar-refractivity contribution in [3.63, 3.8) is 0 Å². The highest BCUT2D eigenvalue weighted by molar-refractivity contribution is 5.84. The van der Waals surface area contributed by atoms with Crippen LogP contribution in [0.5, 0.6) is 0 Å². The van der Waals surface area contributed by atoms with E-state index in [1.807, 2.05) is 0 Å². The summed E-state index contributed by atoms with van der Waals surface area (Å²) in [5.74, 6) is 0. The minimum absolute atomic E-state index is 1.05. The van der Waals surface area contributed by atoms with Gasteiger partial charge in [0.15, 0.2) is 0 Å². The largest absolute Gasteiger partial charge is 0.348 e. The zero-order valence-electron chi connectivity index (χ0n) is 8.46. The van der Waals surface area contributed by atoms with Crippen molar-refractivity contribution in [1.29, 1.82) is 0 Å². The summed E-state index contributed by atoms with van der Waals surface area (Å²) in [4.78, 5) is 0. The predicted molar refractivity (Wildman–Crippen MR) is 57.1 cm³/mol. The van der Waals surface area contributed by atoms with Crippen LogP contribution in [0.1, 0.15) is 18.1 Å². The van der Waals surface area contributed by atoms with E-state index in [0.717, 1.165) is 6.54 Å². The van der Waals surface area contributed by atoms with Crippen LogP contribution >= 0.6 is 0 Å². The van der Waals surface area contributed by atoms with E-state index in [9.17, 15) is 0 Å². The van der Waals surface area contributed by atoms with Crippen LogP contribution in [0.15, 0.2) is 24.4 Å². The number of aryl methyl sites for hydroxylation is 3. The molecule has 0 spiro atoms. The first-order valence-corrected chi connectivity index (χ1v) is 4.78. The summed E-state index contributed by atoms with van der Waals surface area (Å²) in [5.41, 5.74) is 4.08. The third-order valence-electron chi connectivity index (χ3n) is 2.58. The van der Waals surface area contributed by atoms with Gasteiger partial charge >= 0.3 is 0 Å². The van der Waals surface area contributed by atoms with Gasteiger partial charge in [-0.05, 0) is 44.0 Å². The highest BCUT2D eigenvalue weighted by atomic mass is 14.9. The van der Waals surface area contributed by atoms with Gasteiger partial charge in [0.1, 0.15) is 0 Å². The lowest BCUT2D eigenvalue weighted by Crippen LogP contribution is -1.91. The summed E-state index contributed by atoms with van der Waals surface area (Å²) in [5, 5.41) is 1.38. The first kappa shape index (κ1) is 8.36. The number of benzene rings is 1. The van der Waals surface area contributed by atoms with E-state index < -0.39 is 0 Å². The summed E-state index contributed by atoms with van der Waals surface area (Å²) in [6.45, 7) is 7.55. The Labute approximate surface area is 79.0 Å². The van der Waals surface area contributed by atoms with Gasteiger partial charge in [0.25, 0.3) is 0 Å². The molecule has 1 heterocycles. The lowest BCUT2D eigenvalue weighted by molar-refractivity contribution is 0.797. The molecular formula is C12H15N. The Bertz CT molecular complexity index is 438. The monoisotopic (exact) mass is 173 g/mol. The Kier molecular flexibility index (Phi) is 1.87. The Morgan fingerprint density at radius 2 is 2.00 bits per heavy atom. The van der Waals surface area contributed by atoms with Crippen LogP contribution in [0.3, 0.4) is 0 Å². The number of aromatic nitrogens is 1. The van der Waals surface area contributed by atoms with Crippen LogP contribution in [0.2, 0.25) is 0 Å². The molecule has 0 saturated heterocycles. The van der Waals surface area contributed by atoms with Gasteiger partial charge in [0, 0.05) is 23.6 Å². The summed E-state index contributed by atoms with van der Waals surface area (Å²) >= 11 is 0. The molecule has 1 aromatic heterocycles. The van der Waals surface area contributed by atoms with Crippen LogP contribution in [-0.2, 0) is 6.54 Å². The lowest BCUT2D eigenvalue weighted by atomic mass is 10.1. The van der Waals surface area contributed by atoms with Crippen LogP contribution in [0, 0.1) is 13.8 Å². The fourth-order valence-electron chi connectivity index (χ4n) is 1.93. The minimum Gasteiger partial charge on any atom is -0.348 e. The van der Waals surface area contributed by atoms with E-state index in [2.05, 4.69) is 49.7 Å². The summed E-state index contributed by atoms with van der Waals surface area (Å²) in [7, 11) is 0. The number of fused-ring (bicyclic) bond motifs is 1. The van der Waals surface area contributed by atoms with Crippen LogP contribution in [0.25, 0.3) is 10.9 Å². The van der Waals surface area contributed by atoms with E-state index in [0.29, 0.717) is 0 Å². The standard InChI is InChI=1S/C12H15N/c1-4-13-6-5-11-10(3)7-9(2)8-12(11)13/h5-8H,4H2,1-3H3. The number of hydrogen-bond donors (Lipinski definition) is 0. The maximum atomic E-state index is 2.29. The summed E-state index contributed by atoms with van der Waals surface area (Å²) in [6.07, 6.45) is 2.16. The van der Waals surface area contributed by atoms with Crippen molar-refractivity contribution in [2.45, 2.75) is 27.3 Å². The molecule has 0 N–H and O–H groups in total. The third kappa shape index (κ3) is 1.24. The van der Waals surface area contributed by atoms with Crippen molar-refractivity contribution in [2.24, 2.45) is 0 Å². The molecule has 0 unspecified atom stereocenters. The van der Waals surface area contributed by atoms with E-state index in [1.54, 1.807) is 0 Å². The predicted octanol–water partition coefficient (Wildman–Crippen LogP) is 3.28. The molecule has 13 heavy (non-hydrogen) atoms. The molecule has 0 atom stereocenters. The SMILES string of the molecule is CCn1ccc2c(C)cc(C)cc21. The minimum atomic E-state index is 1.05. The molecule has 0 radical (unpaired) electrons. The van der Waals surface area contributed by atoms with Gasteiger partial charge in [-0.1, -0.05) is 6.07 Å². The van der Waals surface area contributed by atoms with E-state index in [1.165, 1.54) is 22.0 Å². The second-order valence-electron chi connectivity index (χ2n) is 3.62. The second kappa shape index (κ2) is 2.91. The molecule has 2 aromatic rings. The molecule has 0 saturated carbocycles. The maximum Gasteiger partial charge on any atom is 0.0485 e. The van der Waals surface area contributed by atoms with Gasteiger partial charge in [-0.3, -0.25) is 0 Å². The molecule has 0 aliphatic heterocycles. The Balaban J connectivity index is 2.82. The molecule has 0 aliphatic carbocycles. The molecule has 1 aromatic carbocycles. The van der Waals surface area contributed by atoms with Crippen molar-refractivity contribution in [3.05, 3.63) is 35.5 Å². The average molecular weight is 173 g/mol. The summed E-state index contributed by atoms with van der Waals surface area (Å²) in [6, 6.07) is 6.70. The Morgan fingerprint density at radius 3 is 2.69 bits per heavy atom. The second-order valence-corrected chi connectivity index (χ2v) is 3.62. The van der Waals surface area contributed by atoms with Crippen LogP contribution < -0.4 is 0 Å². The summed E-state index contributed by atoms with van der Waals surface area (Å²) < 4.78 is 2.29. The van der Waals surface area contributed by atoms with Crippen LogP contribution in [-0.4, -0.2) is 4.57 Å². The van der Waals surface area contributed by atoms with Gasteiger partial charge in [0.2, 0.25) is 0 Å².